The predicted molar refractivity (Wildman–Crippen MR) is 94.8 cm³/mol. The molecule has 1 heterocycles. The first kappa shape index (κ1) is 24.1. The highest BCUT2D eigenvalue weighted by Gasteiger charge is 2.08. The van der Waals surface area contributed by atoms with Crippen molar-refractivity contribution in [3.8, 4) is 0 Å². The van der Waals surface area contributed by atoms with Gasteiger partial charge in [0.15, 0.2) is 0 Å². The van der Waals surface area contributed by atoms with Crippen molar-refractivity contribution in [1.29, 1.82) is 0 Å². The Hall–Kier alpha value is -0.200. The Morgan fingerprint density at radius 3 is 1.91 bits per heavy atom. The fourth-order valence-corrected chi connectivity index (χ4v) is 1.78. The zero-order valence-electron chi connectivity index (χ0n) is 15.9. The van der Waals surface area contributed by atoms with Crippen LogP contribution in [0.5, 0.6) is 0 Å². The topological polar surface area (TPSA) is 34.2 Å². The number of morpholine rings is 1. The van der Waals surface area contributed by atoms with Gasteiger partial charge >= 0.3 is 0 Å². The lowest BCUT2D eigenvalue weighted by Crippen LogP contribution is -2.37. The Morgan fingerprint density at radius 1 is 0.955 bits per heavy atom. The fourth-order valence-electron chi connectivity index (χ4n) is 1.78. The molecular formula is C17H40N2O3. The van der Waals surface area contributed by atoms with Crippen LogP contribution in [0.25, 0.3) is 0 Å². The molecule has 1 fully saturated rings. The van der Waals surface area contributed by atoms with Crippen molar-refractivity contribution >= 4 is 0 Å². The molecule has 0 N–H and O–H groups in total. The third-order valence-corrected chi connectivity index (χ3v) is 2.88. The van der Waals surface area contributed by atoms with Crippen LogP contribution in [-0.4, -0.2) is 90.7 Å². The molecule has 22 heavy (non-hydrogen) atoms. The predicted octanol–water partition coefficient (Wildman–Crippen LogP) is 2.36. The van der Waals surface area contributed by atoms with Crippen LogP contribution in [-0.2, 0) is 14.2 Å². The molecule has 1 aliphatic rings. The van der Waals surface area contributed by atoms with Crippen LogP contribution < -0.4 is 0 Å². The average Bonchev–Trinajstić information content (AvgIpc) is 2.50. The second kappa shape index (κ2) is 20.8. The number of hydrogen-bond acceptors (Lipinski definition) is 5. The minimum absolute atomic E-state index is 0.872. The van der Waals surface area contributed by atoms with Crippen LogP contribution in [0.1, 0.15) is 33.1 Å². The summed E-state index contributed by atoms with van der Waals surface area (Å²) in [7, 11) is 7.61. The zero-order valence-corrected chi connectivity index (χ0v) is 15.9. The molecule has 5 heteroatoms. The second-order valence-corrected chi connectivity index (χ2v) is 5.66. The van der Waals surface area contributed by atoms with Crippen molar-refractivity contribution in [3.63, 3.8) is 0 Å². The van der Waals surface area contributed by atoms with Crippen LogP contribution in [0.2, 0.25) is 0 Å². The van der Waals surface area contributed by atoms with Crippen molar-refractivity contribution in [2.45, 2.75) is 33.1 Å². The van der Waals surface area contributed by atoms with E-state index in [9.17, 15) is 0 Å². The monoisotopic (exact) mass is 320 g/mol. The number of nitrogens with zero attached hydrogens (tertiary/aromatic N) is 2. The van der Waals surface area contributed by atoms with Gasteiger partial charge in [-0.15, -0.1) is 0 Å². The van der Waals surface area contributed by atoms with E-state index in [0.717, 1.165) is 65.4 Å². The third kappa shape index (κ3) is 22.1. The minimum Gasteiger partial charge on any atom is -0.385 e. The van der Waals surface area contributed by atoms with Crippen LogP contribution in [0.15, 0.2) is 0 Å². The maximum Gasteiger partial charge on any atom is 0.0594 e. The van der Waals surface area contributed by atoms with Crippen molar-refractivity contribution in [2.75, 3.05) is 80.9 Å². The Kier molecular flexibility index (Phi) is 22.7. The highest BCUT2D eigenvalue weighted by Crippen LogP contribution is 1.97. The SMILES string of the molecule is CCC.COCCCN(C)C.COCCCN1CCOCC1. The molecule has 0 aliphatic carbocycles. The van der Waals surface area contributed by atoms with Gasteiger partial charge in [-0.25, -0.2) is 0 Å². The smallest absolute Gasteiger partial charge is 0.0594 e. The molecule has 0 atom stereocenters. The van der Waals surface area contributed by atoms with E-state index in [4.69, 9.17) is 14.2 Å². The van der Waals surface area contributed by atoms with E-state index in [-0.39, 0.29) is 0 Å². The van der Waals surface area contributed by atoms with Gasteiger partial charge in [0.05, 0.1) is 13.2 Å². The summed E-state index contributed by atoms with van der Waals surface area (Å²) in [5.74, 6) is 0. The van der Waals surface area contributed by atoms with E-state index < -0.39 is 0 Å². The Morgan fingerprint density at radius 2 is 1.45 bits per heavy atom. The van der Waals surface area contributed by atoms with Crippen molar-refractivity contribution in [2.24, 2.45) is 0 Å². The molecule has 1 rings (SSSR count). The minimum atomic E-state index is 0.872. The van der Waals surface area contributed by atoms with Gasteiger partial charge in [-0.2, -0.15) is 0 Å². The molecule has 0 bridgehead atoms. The van der Waals surface area contributed by atoms with Gasteiger partial charge in [0.25, 0.3) is 0 Å². The summed E-state index contributed by atoms with van der Waals surface area (Å²) in [5, 5.41) is 0. The summed E-state index contributed by atoms with van der Waals surface area (Å²) in [5.41, 5.74) is 0. The summed E-state index contributed by atoms with van der Waals surface area (Å²) in [6, 6.07) is 0. The highest BCUT2D eigenvalue weighted by molar-refractivity contribution is 4.60. The molecule has 0 amide bonds. The molecule has 0 radical (unpaired) electrons. The quantitative estimate of drug-likeness (QED) is 0.641. The van der Waals surface area contributed by atoms with Crippen molar-refractivity contribution in [3.05, 3.63) is 0 Å². The molecule has 0 spiro atoms. The van der Waals surface area contributed by atoms with Crippen molar-refractivity contribution in [1.82, 2.24) is 9.80 Å². The van der Waals surface area contributed by atoms with Gasteiger partial charge < -0.3 is 19.1 Å². The lowest BCUT2D eigenvalue weighted by molar-refractivity contribution is 0.0340. The van der Waals surface area contributed by atoms with Crippen LogP contribution in [0.3, 0.4) is 0 Å². The molecule has 0 saturated carbocycles. The average molecular weight is 321 g/mol. The van der Waals surface area contributed by atoms with Gasteiger partial charge in [0.2, 0.25) is 0 Å². The molecule has 0 unspecified atom stereocenters. The standard InChI is InChI=1S/C8H17NO2.C6H15NO.C3H8/c1-10-6-2-3-9-4-7-11-8-5-9;1-7(2)5-4-6-8-3;1-3-2/h2-8H2,1H3;4-6H2,1-3H3;3H2,1-2H3. The van der Waals surface area contributed by atoms with E-state index in [1.54, 1.807) is 14.2 Å². The van der Waals surface area contributed by atoms with Gasteiger partial charge in [0.1, 0.15) is 0 Å². The number of methoxy groups -OCH3 is 2. The first-order valence-electron chi connectivity index (χ1n) is 8.54. The maximum atomic E-state index is 5.23. The van der Waals surface area contributed by atoms with Crippen LogP contribution in [0, 0.1) is 0 Å². The third-order valence-electron chi connectivity index (χ3n) is 2.88. The first-order chi connectivity index (χ1) is 10.6. The van der Waals surface area contributed by atoms with Gasteiger partial charge in [-0.05, 0) is 33.5 Å². The van der Waals surface area contributed by atoms with E-state index in [1.807, 2.05) is 0 Å². The fraction of sp³-hybridized carbons (Fsp3) is 1.00. The van der Waals surface area contributed by atoms with Crippen molar-refractivity contribution < 1.29 is 14.2 Å². The summed E-state index contributed by atoms with van der Waals surface area (Å²) < 4.78 is 15.1. The largest absolute Gasteiger partial charge is 0.385 e. The Balaban J connectivity index is 0. The molecule has 1 saturated heterocycles. The number of hydrogen-bond donors (Lipinski definition) is 0. The molecular weight excluding hydrogens is 280 g/mol. The molecule has 0 aromatic carbocycles. The Labute approximate surface area is 138 Å². The first-order valence-corrected chi connectivity index (χ1v) is 8.54. The summed E-state index contributed by atoms with van der Waals surface area (Å²) in [6.45, 7) is 12.2. The lowest BCUT2D eigenvalue weighted by Gasteiger charge is -2.26. The molecule has 1 aliphatic heterocycles. The summed E-state index contributed by atoms with van der Waals surface area (Å²) in [4.78, 5) is 4.57. The summed E-state index contributed by atoms with van der Waals surface area (Å²) >= 11 is 0. The van der Waals surface area contributed by atoms with E-state index in [1.165, 1.54) is 6.42 Å². The van der Waals surface area contributed by atoms with Gasteiger partial charge in [-0.3, -0.25) is 4.90 Å². The Bertz CT molecular complexity index is 187. The van der Waals surface area contributed by atoms with E-state index in [2.05, 4.69) is 37.7 Å². The van der Waals surface area contributed by atoms with E-state index >= 15 is 0 Å². The zero-order chi connectivity index (χ0) is 17.1. The van der Waals surface area contributed by atoms with Gasteiger partial charge in [0, 0.05) is 47.1 Å². The molecule has 0 aromatic rings. The maximum absolute atomic E-state index is 5.23. The highest BCUT2D eigenvalue weighted by atomic mass is 16.5. The number of ether oxygens (including phenoxy) is 3. The molecule has 5 nitrogen and oxygen atoms in total. The lowest BCUT2D eigenvalue weighted by atomic mass is 10.3. The second-order valence-electron chi connectivity index (χ2n) is 5.66. The van der Waals surface area contributed by atoms with Gasteiger partial charge in [-0.1, -0.05) is 20.3 Å². The molecule has 136 valence electrons. The molecule has 0 aromatic heterocycles. The summed E-state index contributed by atoms with van der Waals surface area (Å²) in [6.07, 6.45) is 3.51. The van der Waals surface area contributed by atoms with Crippen LogP contribution in [0.4, 0.5) is 0 Å². The normalized spacial score (nSPS) is 14.9. The van der Waals surface area contributed by atoms with Crippen LogP contribution >= 0.6 is 0 Å². The number of rotatable bonds is 8. The van der Waals surface area contributed by atoms with E-state index in [0.29, 0.717) is 0 Å².